The van der Waals surface area contributed by atoms with Gasteiger partial charge in [0.25, 0.3) is 0 Å². The standard InChI is InChI=1S/C16H24N2O2S/c19-16(18-9-13-21-14-10-18)17-8-4-11-20-12-7-15-5-2-1-3-6-15/h1-3,5-6H,4,7-14H2,(H,17,19). The first-order valence-corrected chi connectivity index (χ1v) is 8.74. The third-order valence-corrected chi connectivity index (χ3v) is 4.36. The highest BCUT2D eigenvalue weighted by atomic mass is 32.2. The van der Waals surface area contributed by atoms with E-state index in [0.717, 1.165) is 44.0 Å². The molecule has 0 radical (unpaired) electrons. The highest BCUT2D eigenvalue weighted by Gasteiger charge is 2.15. The molecule has 0 saturated carbocycles. The molecule has 1 saturated heterocycles. The van der Waals surface area contributed by atoms with Crippen molar-refractivity contribution in [3.05, 3.63) is 35.9 Å². The van der Waals surface area contributed by atoms with Crippen molar-refractivity contribution in [1.29, 1.82) is 0 Å². The number of nitrogens with zero attached hydrogens (tertiary/aromatic N) is 1. The van der Waals surface area contributed by atoms with E-state index in [1.807, 2.05) is 34.9 Å². The summed E-state index contributed by atoms with van der Waals surface area (Å²) in [5.74, 6) is 2.10. The summed E-state index contributed by atoms with van der Waals surface area (Å²) in [4.78, 5) is 13.7. The van der Waals surface area contributed by atoms with Gasteiger partial charge in [0.15, 0.2) is 0 Å². The minimum atomic E-state index is 0.0691. The van der Waals surface area contributed by atoms with Gasteiger partial charge in [-0.3, -0.25) is 0 Å². The van der Waals surface area contributed by atoms with Crippen LogP contribution in [0.3, 0.4) is 0 Å². The van der Waals surface area contributed by atoms with E-state index in [-0.39, 0.29) is 6.03 Å². The van der Waals surface area contributed by atoms with E-state index in [2.05, 4.69) is 17.4 Å². The second-order valence-electron chi connectivity index (χ2n) is 5.03. The van der Waals surface area contributed by atoms with Crippen molar-refractivity contribution in [3.63, 3.8) is 0 Å². The molecule has 1 heterocycles. The molecule has 0 atom stereocenters. The van der Waals surface area contributed by atoms with Gasteiger partial charge in [0.1, 0.15) is 0 Å². The summed E-state index contributed by atoms with van der Waals surface area (Å²) in [6, 6.07) is 10.4. The molecule has 4 nitrogen and oxygen atoms in total. The molecule has 2 amide bonds. The van der Waals surface area contributed by atoms with Crippen molar-refractivity contribution in [2.24, 2.45) is 0 Å². The smallest absolute Gasteiger partial charge is 0.317 e. The molecule has 1 aromatic carbocycles. The van der Waals surface area contributed by atoms with Crippen LogP contribution in [0.2, 0.25) is 0 Å². The fourth-order valence-electron chi connectivity index (χ4n) is 2.18. The van der Waals surface area contributed by atoms with E-state index in [0.29, 0.717) is 13.2 Å². The average Bonchev–Trinajstić information content (AvgIpc) is 2.55. The first kappa shape index (κ1) is 16.2. The molecule has 0 spiro atoms. The number of rotatable bonds is 7. The van der Waals surface area contributed by atoms with Crippen LogP contribution in [0.1, 0.15) is 12.0 Å². The van der Waals surface area contributed by atoms with E-state index in [9.17, 15) is 4.79 Å². The molecule has 1 aromatic rings. The number of thioether (sulfide) groups is 1. The molecular formula is C16H24N2O2S. The molecule has 116 valence electrons. The Morgan fingerprint density at radius 3 is 2.71 bits per heavy atom. The Bertz CT molecular complexity index is 408. The number of amides is 2. The largest absolute Gasteiger partial charge is 0.381 e. The number of benzene rings is 1. The quantitative estimate of drug-likeness (QED) is 0.787. The van der Waals surface area contributed by atoms with Crippen LogP contribution in [-0.4, -0.2) is 55.3 Å². The lowest BCUT2D eigenvalue weighted by Crippen LogP contribution is -2.44. The van der Waals surface area contributed by atoms with Crippen molar-refractivity contribution in [2.75, 3.05) is 44.4 Å². The van der Waals surface area contributed by atoms with Gasteiger partial charge in [0.05, 0.1) is 6.61 Å². The summed E-state index contributed by atoms with van der Waals surface area (Å²) >= 11 is 1.91. The van der Waals surface area contributed by atoms with E-state index in [1.165, 1.54) is 5.56 Å². The predicted octanol–water partition coefficient (Wildman–Crippen LogP) is 2.39. The highest BCUT2D eigenvalue weighted by molar-refractivity contribution is 7.99. The first-order chi connectivity index (χ1) is 10.4. The topological polar surface area (TPSA) is 41.6 Å². The van der Waals surface area contributed by atoms with Gasteiger partial charge in [-0.1, -0.05) is 30.3 Å². The Labute approximate surface area is 131 Å². The fourth-order valence-corrected chi connectivity index (χ4v) is 3.09. The summed E-state index contributed by atoms with van der Waals surface area (Å²) < 4.78 is 5.60. The average molecular weight is 308 g/mol. The molecule has 0 bridgehead atoms. The van der Waals surface area contributed by atoms with Crippen LogP contribution in [-0.2, 0) is 11.2 Å². The maximum atomic E-state index is 11.8. The summed E-state index contributed by atoms with van der Waals surface area (Å²) in [5.41, 5.74) is 1.30. The maximum Gasteiger partial charge on any atom is 0.317 e. The normalized spacial score (nSPS) is 15.0. The van der Waals surface area contributed by atoms with E-state index < -0.39 is 0 Å². The molecule has 21 heavy (non-hydrogen) atoms. The summed E-state index contributed by atoms with van der Waals surface area (Å²) in [7, 11) is 0. The summed E-state index contributed by atoms with van der Waals surface area (Å²) in [6.45, 7) is 3.85. The summed E-state index contributed by atoms with van der Waals surface area (Å²) in [6.07, 6.45) is 1.81. The van der Waals surface area contributed by atoms with Gasteiger partial charge in [0.2, 0.25) is 0 Å². The van der Waals surface area contributed by atoms with Gasteiger partial charge in [-0.2, -0.15) is 11.8 Å². The van der Waals surface area contributed by atoms with Crippen molar-refractivity contribution >= 4 is 17.8 Å². The number of carbonyl (C=O) groups excluding carboxylic acids is 1. The lowest BCUT2D eigenvalue weighted by Gasteiger charge is -2.26. The van der Waals surface area contributed by atoms with Gasteiger partial charge in [-0.15, -0.1) is 0 Å². The Kier molecular flexibility index (Phi) is 7.46. The SMILES string of the molecule is O=C(NCCCOCCc1ccccc1)N1CCSCC1. The number of hydrogen-bond donors (Lipinski definition) is 1. The summed E-state index contributed by atoms with van der Waals surface area (Å²) in [5, 5.41) is 2.96. The van der Waals surface area contributed by atoms with Crippen LogP contribution in [0.4, 0.5) is 4.79 Å². The van der Waals surface area contributed by atoms with Gasteiger partial charge < -0.3 is 15.0 Å². The molecule has 2 rings (SSSR count). The number of ether oxygens (including phenoxy) is 1. The van der Waals surface area contributed by atoms with Gasteiger partial charge in [-0.05, 0) is 18.4 Å². The molecule has 1 aliphatic rings. The molecule has 0 aromatic heterocycles. The Hall–Kier alpha value is -1.20. The second-order valence-corrected chi connectivity index (χ2v) is 6.26. The third kappa shape index (κ3) is 6.40. The molecule has 0 aliphatic carbocycles. The Morgan fingerprint density at radius 2 is 1.95 bits per heavy atom. The Balaban J connectivity index is 1.45. The number of carbonyl (C=O) groups is 1. The van der Waals surface area contributed by atoms with E-state index >= 15 is 0 Å². The minimum absolute atomic E-state index is 0.0691. The van der Waals surface area contributed by atoms with Gasteiger partial charge in [0, 0.05) is 37.7 Å². The monoisotopic (exact) mass is 308 g/mol. The maximum absolute atomic E-state index is 11.8. The van der Waals surface area contributed by atoms with Crippen LogP contribution in [0.5, 0.6) is 0 Å². The predicted molar refractivity (Wildman–Crippen MR) is 87.9 cm³/mol. The molecule has 5 heteroatoms. The fraction of sp³-hybridized carbons (Fsp3) is 0.562. The minimum Gasteiger partial charge on any atom is -0.381 e. The first-order valence-electron chi connectivity index (χ1n) is 7.58. The van der Waals surface area contributed by atoms with Crippen molar-refractivity contribution < 1.29 is 9.53 Å². The van der Waals surface area contributed by atoms with Crippen LogP contribution < -0.4 is 5.32 Å². The zero-order valence-corrected chi connectivity index (χ0v) is 13.2. The van der Waals surface area contributed by atoms with Crippen molar-refractivity contribution in [1.82, 2.24) is 10.2 Å². The molecule has 1 aliphatic heterocycles. The van der Waals surface area contributed by atoms with Crippen molar-refractivity contribution in [2.45, 2.75) is 12.8 Å². The molecule has 0 unspecified atom stereocenters. The van der Waals surface area contributed by atoms with Crippen LogP contribution in [0.15, 0.2) is 30.3 Å². The van der Waals surface area contributed by atoms with E-state index in [4.69, 9.17) is 4.74 Å². The van der Waals surface area contributed by atoms with E-state index in [1.54, 1.807) is 0 Å². The second kappa shape index (κ2) is 9.68. The third-order valence-electron chi connectivity index (χ3n) is 3.42. The molecular weight excluding hydrogens is 284 g/mol. The zero-order valence-electron chi connectivity index (χ0n) is 12.4. The number of nitrogens with one attached hydrogen (secondary N) is 1. The molecule has 1 N–H and O–H groups in total. The Morgan fingerprint density at radius 1 is 1.19 bits per heavy atom. The molecule has 1 fully saturated rings. The lowest BCUT2D eigenvalue weighted by molar-refractivity contribution is 0.134. The van der Waals surface area contributed by atoms with Crippen LogP contribution >= 0.6 is 11.8 Å². The zero-order chi connectivity index (χ0) is 14.8. The van der Waals surface area contributed by atoms with Crippen LogP contribution in [0, 0.1) is 0 Å². The van der Waals surface area contributed by atoms with Gasteiger partial charge >= 0.3 is 6.03 Å². The van der Waals surface area contributed by atoms with Gasteiger partial charge in [-0.25, -0.2) is 4.79 Å². The number of urea groups is 1. The number of hydrogen-bond acceptors (Lipinski definition) is 3. The lowest BCUT2D eigenvalue weighted by atomic mass is 10.2. The van der Waals surface area contributed by atoms with Crippen LogP contribution in [0.25, 0.3) is 0 Å². The van der Waals surface area contributed by atoms with Crippen molar-refractivity contribution in [3.8, 4) is 0 Å². The highest BCUT2D eigenvalue weighted by Crippen LogP contribution is 2.08.